The first-order valence-corrected chi connectivity index (χ1v) is 10.2. The fourth-order valence-electron chi connectivity index (χ4n) is 4.69. The summed E-state index contributed by atoms with van der Waals surface area (Å²) >= 11 is 0. The Bertz CT molecular complexity index is 1270. The van der Waals surface area contributed by atoms with E-state index < -0.39 is 0 Å². The molecule has 4 aromatic rings. The van der Waals surface area contributed by atoms with Crippen LogP contribution in [0.3, 0.4) is 0 Å². The number of fused-ring (bicyclic) bond motifs is 1. The number of rotatable bonds is 3. The van der Waals surface area contributed by atoms with E-state index in [-0.39, 0.29) is 5.69 Å². The Balaban J connectivity index is 1.69. The Kier molecular flexibility index (Phi) is 4.08. The SMILES string of the molecule is Cc1cccc(-c2[nH]nc(N)c2-c2ccc3c(c2)n(C)c(=O)n3C2CCCC2)c1. The summed E-state index contributed by atoms with van der Waals surface area (Å²) in [5.41, 5.74) is 13.2. The molecule has 6 nitrogen and oxygen atoms in total. The lowest BCUT2D eigenvalue weighted by molar-refractivity contribution is 0.509. The van der Waals surface area contributed by atoms with Crippen LogP contribution >= 0.6 is 0 Å². The second kappa shape index (κ2) is 6.65. The van der Waals surface area contributed by atoms with Crippen molar-refractivity contribution in [3.63, 3.8) is 0 Å². The zero-order chi connectivity index (χ0) is 20.1. The minimum Gasteiger partial charge on any atom is -0.382 e. The van der Waals surface area contributed by atoms with E-state index in [1.165, 1.54) is 18.4 Å². The molecule has 2 aromatic heterocycles. The third-order valence-electron chi connectivity index (χ3n) is 6.17. The van der Waals surface area contributed by atoms with Crippen LogP contribution in [0.2, 0.25) is 0 Å². The number of H-pyrrole nitrogens is 1. The number of nitrogens with zero attached hydrogens (tertiary/aromatic N) is 3. The van der Waals surface area contributed by atoms with Gasteiger partial charge in [0.15, 0.2) is 5.82 Å². The summed E-state index contributed by atoms with van der Waals surface area (Å²) in [6, 6.07) is 14.7. The van der Waals surface area contributed by atoms with Crippen LogP contribution < -0.4 is 11.4 Å². The fourth-order valence-corrected chi connectivity index (χ4v) is 4.69. The Morgan fingerprint density at radius 3 is 2.62 bits per heavy atom. The lowest BCUT2D eigenvalue weighted by Gasteiger charge is -2.11. The van der Waals surface area contributed by atoms with Gasteiger partial charge >= 0.3 is 5.69 Å². The van der Waals surface area contributed by atoms with Crippen molar-refractivity contribution in [2.24, 2.45) is 7.05 Å². The molecule has 2 aromatic carbocycles. The number of hydrogen-bond donors (Lipinski definition) is 2. The van der Waals surface area contributed by atoms with Crippen LogP contribution in [-0.4, -0.2) is 19.3 Å². The molecular formula is C23H25N5O. The number of nitrogens with one attached hydrogen (secondary N) is 1. The van der Waals surface area contributed by atoms with Crippen LogP contribution in [0, 0.1) is 6.92 Å². The number of imidazole rings is 1. The van der Waals surface area contributed by atoms with E-state index >= 15 is 0 Å². The number of hydrogen-bond acceptors (Lipinski definition) is 3. The van der Waals surface area contributed by atoms with Crippen molar-refractivity contribution < 1.29 is 0 Å². The highest BCUT2D eigenvalue weighted by atomic mass is 16.1. The molecule has 5 rings (SSSR count). The molecule has 1 aliphatic rings. The van der Waals surface area contributed by atoms with Crippen LogP contribution in [0.1, 0.15) is 37.3 Å². The van der Waals surface area contributed by atoms with Gasteiger partial charge in [-0.1, -0.05) is 42.7 Å². The molecule has 3 N–H and O–H groups in total. The quantitative estimate of drug-likeness (QED) is 0.546. The maximum Gasteiger partial charge on any atom is 0.329 e. The summed E-state index contributed by atoms with van der Waals surface area (Å²) in [7, 11) is 1.85. The zero-order valence-corrected chi connectivity index (χ0v) is 16.8. The molecule has 1 saturated carbocycles. The predicted octanol–water partition coefficient (Wildman–Crippen LogP) is 4.40. The topological polar surface area (TPSA) is 81.6 Å². The van der Waals surface area contributed by atoms with Gasteiger partial charge in [-0.15, -0.1) is 0 Å². The summed E-state index contributed by atoms with van der Waals surface area (Å²) < 4.78 is 3.73. The van der Waals surface area contributed by atoms with E-state index in [4.69, 9.17) is 5.73 Å². The molecular weight excluding hydrogens is 362 g/mol. The number of nitrogens with two attached hydrogens (primary N) is 1. The molecule has 148 valence electrons. The summed E-state index contributed by atoms with van der Waals surface area (Å²) in [4.78, 5) is 12.9. The molecule has 0 radical (unpaired) electrons. The van der Waals surface area contributed by atoms with Crippen molar-refractivity contribution >= 4 is 16.9 Å². The molecule has 0 bridgehead atoms. The van der Waals surface area contributed by atoms with Gasteiger partial charge in [-0.25, -0.2) is 4.79 Å². The van der Waals surface area contributed by atoms with Crippen LogP contribution in [-0.2, 0) is 7.05 Å². The van der Waals surface area contributed by atoms with Crippen LogP contribution in [0.5, 0.6) is 0 Å². The summed E-state index contributed by atoms with van der Waals surface area (Å²) in [6.07, 6.45) is 4.54. The molecule has 1 aliphatic carbocycles. The Morgan fingerprint density at radius 2 is 1.86 bits per heavy atom. The van der Waals surface area contributed by atoms with Crippen LogP contribution in [0.15, 0.2) is 47.3 Å². The minimum atomic E-state index is 0.0584. The molecule has 0 amide bonds. The maximum absolute atomic E-state index is 12.9. The Labute approximate surface area is 169 Å². The Hall–Kier alpha value is -3.28. The van der Waals surface area contributed by atoms with Crippen LogP contribution in [0.4, 0.5) is 5.82 Å². The molecule has 1 fully saturated rings. The third-order valence-corrected chi connectivity index (χ3v) is 6.17. The number of benzene rings is 2. The van der Waals surface area contributed by atoms with Gasteiger partial charge in [0.05, 0.1) is 22.3 Å². The number of anilines is 1. The van der Waals surface area contributed by atoms with E-state index in [1.54, 1.807) is 4.57 Å². The molecule has 0 spiro atoms. The molecule has 0 saturated heterocycles. The van der Waals surface area contributed by atoms with E-state index in [2.05, 4.69) is 41.4 Å². The van der Waals surface area contributed by atoms with E-state index in [0.29, 0.717) is 11.9 Å². The van der Waals surface area contributed by atoms with Gasteiger partial charge in [0.2, 0.25) is 0 Å². The lowest BCUT2D eigenvalue weighted by atomic mass is 9.99. The highest BCUT2D eigenvalue weighted by Crippen LogP contribution is 2.37. The largest absolute Gasteiger partial charge is 0.382 e. The van der Waals surface area contributed by atoms with E-state index in [0.717, 1.165) is 46.3 Å². The van der Waals surface area contributed by atoms with Crippen LogP contribution in [0.25, 0.3) is 33.4 Å². The van der Waals surface area contributed by atoms with Crippen molar-refractivity contribution in [2.75, 3.05) is 5.73 Å². The van der Waals surface area contributed by atoms with Gasteiger partial charge < -0.3 is 5.73 Å². The number of nitrogen functional groups attached to an aromatic ring is 1. The summed E-state index contributed by atoms with van der Waals surface area (Å²) in [5, 5.41) is 7.36. The molecule has 6 heteroatoms. The third kappa shape index (κ3) is 2.78. The molecule has 29 heavy (non-hydrogen) atoms. The van der Waals surface area contributed by atoms with Gasteiger partial charge in [-0.2, -0.15) is 5.10 Å². The predicted molar refractivity (Wildman–Crippen MR) is 117 cm³/mol. The van der Waals surface area contributed by atoms with Gasteiger partial charge in [0.25, 0.3) is 0 Å². The second-order valence-electron chi connectivity index (χ2n) is 8.08. The van der Waals surface area contributed by atoms with E-state index in [9.17, 15) is 4.79 Å². The lowest BCUT2D eigenvalue weighted by Crippen LogP contribution is -2.24. The second-order valence-corrected chi connectivity index (χ2v) is 8.08. The molecule has 0 aliphatic heterocycles. The first-order chi connectivity index (χ1) is 14.0. The molecule has 0 unspecified atom stereocenters. The van der Waals surface area contributed by atoms with Crippen molar-refractivity contribution in [1.82, 2.24) is 19.3 Å². The normalized spacial score (nSPS) is 14.8. The highest BCUT2D eigenvalue weighted by molar-refractivity contribution is 5.92. The maximum atomic E-state index is 12.9. The molecule has 0 atom stereocenters. The summed E-state index contributed by atoms with van der Waals surface area (Å²) in [5.74, 6) is 0.459. The van der Waals surface area contributed by atoms with Gasteiger partial charge in [0.1, 0.15) is 0 Å². The standard InChI is InChI=1S/C23H25N5O/c1-14-6-5-7-16(12-14)21-20(22(24)26-25-21)15-10-11-18-19(13-15)27(2)23(29)28(18)17-8-3-4-9-17/h5-7,10-13,17H,3-4,8-9H2,1-2H3,(H3,24,25,26). The van der Waals surface area contributed by atoms with Crippen molar-refractivity contribution in [3.8, 4) is 22.4 Å². The van der Waals surface area contributed by atoms with Crippen molar-refractivity contribution in [3.05, 3.63) is 58.5 Å². The van der Waals surface area contributed by atoms with Gasteiger partial charge in [0, 0.05) is 18.7 Å². The number of aromatic nitrogens is 4. The van der Waals surface area contributed by atoms with E-state index in [1.807, 2.05) is 29.8 Å². The fraction of sp³-hybridized carbons (Fsp3) is 0.304. The summed E-state index contributed by atoms with van der Waals surface area (Å²) in [6.45, 7) is 2.07. The first-order valence-electron chi connectivity index (χ1n) is 10.2. The Morgan fingerprint density at radius 1 is 1.07 bits per heavy atom. The number of aromatic amines is 1. The monoisotopic (exact) mass is 387 g/mol. The van der Waals surface area contributed by atoms with Crippen molar-refractivity contribution in [2.45, 2.75) is 38.6 Å². The smallest absolute Gasteiger partial charge is 0.329 e. The van der Waals surface area contributed by atoms with Gasteiger partial charge in [-0.05, 0) is 43.5 Å². The number of aryl methyl sites for hydroxylation is 2. The minimum absolute atomic E-state index is 0.0584. The highest BCUT2D eigenvalue weighted by Gasteiger charge is 2.23. The zero-order valence-electron chi connectivity index (χ0n) is 16.8. The molecule has 2 heterocycles. The van der Waals surface area contributed by atoms with Crippen molar-refractivity contribution in [1.29, 1.82) is 0 Å². The average molecular weight is 387 g/mol. The average Bonchev–Trinajstić information content (AvgIpc) is 3.42. The van der Waals surface area contributed by atoms with Gasteiger partial charge in [-0.3, -0.25) is 14.2 Å². The first kappa shape index (κ1) is 17.8.